The van der Waals surface area contributed by atoms with Gasteiger partial charge in [0.25, 0.3) is 0 Å². The summed E-state index contributed by atoms with van der Waals surface area (Å²) >= 11 is 0. The normalized spacial score (nSPS) is 8.92. The molecule has 13 heavy (non-hydrogen) atoms. The van der Waals surface area contributed by atoms with Crippen molar-refractivity contribution in [3.8, 4) is 0 Å². The van der Waals surface area contributed by atoms with E-state index in [1.54, 1.807) is 0 Å². The molecule has 0 aliphatic rings. The van der Waals surface area contributed by atoms with Gasteiger partial charge in [0.1, 0.15) is 5.69 Å². The van der Waals surface area contributed by atoms with Gasteiger partial charge in [0.05, 0.1) is 6.20 Å². The first-order valence-electron chi connectivity index (χ1n) is 3.31. The number of amides is 2. The van der Waals surface area contributed by atoms with Gasteiger partial charge in [-0.2, -0.15) is 4.98 Å². The van der Waals surface area contributed by atoms with Gasteiger partial charge >= 0.3 is 0 Å². The van der Waals surface area contributed by atoms with Crippen LogP contribution in [0.5, 0.6) is 0 Å². The van der Waals surface area contributed by atoms with E-state index in [1.807, 2.05) is 0 Å². The highest BCUT2D eigenvalue weighted by Gasteiger charge is 2.01. The molecule has 0 aliphatic carbocycles. The monoisotopic (exact) mass is 181 g/mol. The van der Waals surface area contributed by atoms with Gasteiger partial charge in [0, 0.05) is 0 Å². The number of anilines is 3. The summed E-state index contributed by atoms with van der Waals surface area (Å²) < 4.78 is 0. The Morgan fingerprint density at radius 2 is 2.00 bits per heavy atom. The van der Waals surface area contributed by atoms with Crippen molar-refractivity contribution in [3.05, 3.63) is 6.20 Å². The summed E-state index contributed by atoms with van der Waals surface area (Å²) in [5.74, 6) is 0.176. The zero-order chi connectivity index (χ0) is 9.68. The molecule has 68 valence electrons. The number of nitrogens with one attached hydrogen (secondary N) is 2. The molecule has 0 saturated heterocycles. The van der Waals surface area contributed by atoms with E-state index >= 15 is 0 Å². The average Bonchev–Trinajstić information content (AvgIpc) is 2.10. The molecule has 0 radical (unpaired) electrons. The minimum Gasteiger partial charge on any atom is -0.382 e. The standard InChI is InChI=1S/C6H7N5O2/c7-5-4(9-2-12)1-8-6(11-5)10-3-13/h1-3H,(H,9,12)(H3,7,8,10,11,13). The molecular formula is C6H7N5O2. The molecule has 1 aromatic heterocycles. The second-order valence-corrected chi connectivity index (χ2v) is 2.02. The van der Waals surface area contributed by atoms with Gasteiger partial charge in [-0.05, 0) is 0 Å². The molecule has 0 aromatic carbocycles. The number of hydrogen-bond acceptors (Lipinski definition) is 5. The summed E-state index contributed by atoms with van der Waals surface area (Å²) in [6, 6.07) is 0. The Labute approximate surface area is 73.4 Å². The minimum atomic E-state index is 0.0870. The van der Waals surface area contributed by atoms with E-state index in [0.717, 1.165) is 0 Å². The Bertz CT molecular complexity index is 327. The second-order valence-electron chi connectivity index (χ2n) is 2.02. The summed E-state index contributed by atoms with van der Waals surface area (Å²) in [6.45, 7) is 0. The highest BCUT2D eigenvalue weighted by atomic mass is 16.1. The van der Waals surface area contributed by atoms with Gasteiger partial charge in [-0.1, -0.05) is 0 Å². The molecule has 1 rings (SSSR count). The van der Waals surface area contributed by atoms with Crippen molar-refractivity contribution in [2.75, 3.05) is 16.4 Å². The van der Waals surface area contributed by atoms with Crippen LogP contribution >= 0.6 is 0 Å². The van der Waals surface area contributed by atoms with Crippen molar-refractivity contribution in [2.45, 2.75) is 0 Å². The molecule has 2 amide bonds. The molecule has 0 bridgehead atoms. The van der Waals surface area contributed by atoms with Crippen LogP contribution in [0.2, 0.25) is 0 Å². The Morgan fingerprint density at radius 3 is 2.54 bits per heavy atom. The first-order valence-corrected chi connectivity index (χ1v) is 3.31. The summed E-state index contributed by atoms with van der Waals surface area (Å²) in [7, 11) is 0. The molecule has 0 aliphatic heterocycles. The molecule has 4 N–H and O–H groups in total. The second kappa shape index (κ2) is 4.00. The third-order valence-corrected chi connectivity index (χ3v) is 1.22. The van der Waals surface area contributed by atoms with E-state index in [1.165, 1.54) is 6.20 Å². The van der Waals surface area contributed by atoms with E-state index in [2.05, 4.69) is 20.6 Å². The first kappa shape index (κ1) is 8.91. The van der Waals surface area contributed by atoms with Crippen LogP contribution in [0.15, 0.2) is 6.20 Å². The van der Waals surface area contributed by atoms with Crippen LogP contribution in [0.1, 0.15) is 0 Å². The number of hydrogen-bond donors (Lipinski definition) is 3. The molecule has 1 heterocycles. The summed E-state index contributed by atoms with van der Waals surface area (Å²) in [5.41, 5.74) is 5.71. The van der Waals surface area contributed by atoms with Crippen molar-refractivity contribution in [1.29, 1.82) is 0 Å². The summed E-state index contributed by atoms with van der Waals surface area (Å²) in [5, 5.41) is 4.52. The van der Waals surface area contributed by atoms with Crippen molar-refractivity contribution in [3.63, 3.8) is 0 Å². The quantitative estimate of drug-likeness (QED) is 0.526. The first-order chi connectivity index (χ1) is 6.27. The van der Waals surface area contributed by atoms with Gasteiger partial charge in [-0.25, -0.2) is 4.98 Å². The highest BCUT2D eigenvalue weighted by Crippen LogP contribution is 2.14. The lowest BCUT2D eigenvalue weighted by Crippen LogP contribution is -2.06. The fourth-order valence-corrected chi connectivity index (χ4v) is 0.692. The van der Waals surface area contributed by atoms with Crippen LogP contribution in [0, 0.1) is 0 Å². The molecule has 0 unspecified atom stereocenters. The predicted molar refractivity (Wildman–Crippen MR) is 45.8 cm³/mol. The number of nitrogens with zero attached hydrogens (tertiary/aromatic N) is 2. The Kier molecular flexibility index (Phi) is 2.74. The average molecular weight is 181 g/mol. The number of aromatic nitrogens is 2. The SMILES string of the molecule is Nc1nc(NC=O)ncc1NC=O. The topological polar surface area (TPSA) is 110 Å². The van der Waals surface area contributed by atoms with E-state index in [0.29, 0.717) is 18.5 Å². The van der Waals surface area contributed by atoms with Crippen LogP contribution in [0.4, 0.5) is 17.5 Å². The van der Waals surface area contributed by atoms with Crippen molar-refractivity contribution in [2.24, 2.45) is 0 Å². The molecule has 7 heteroatoms. The number of carbonyl (C=O) groups is 2. The molecule has 0 fully saturated rings. The zero-order valence-electron chi connectivity index (χ0n) is 6.52. The van der Waals surface area contributed by atoms with Crippen LogP contribution in [0.3, 0.4) is 0 Å². The van der Waals surface area contributed by atoms with Gasteiger partial charge in [0.15, 0.2) is 5.82 Å². The fourth-order valence-electron chi connectivity index (χ4n) is 0.692. The smallest absolute Gasteiger partial charge is 0.231 e. The van der Waals surface area contributed by atoms with Crippen molar-refractivity contribution >= 4 is 30.3 Å². The molecule has 0 spiro atoms. The molecule has 0 atom stereocenters. The van der Waals surface area contributed by atoms with Crippen molar-refractivity contribution in [1.82, 2.24) is 9.97 Å². The van der Waals surface area contributed by atoms with E-state index in [-0.39, 0.29) is 11.8 Å². The van der Waals surface area contributed by atoms with Gasteiger partial charge in [-0.15, -0.1) is 0 Å². The lowest BCUT2D eigenvalue weighted by Gasteiger charge is -2.02. The van der Waals surface area contributed by atoms with E-state index < -0.39 is 0 Å². The fraction of sp³-hybridized carbons (Fsp3) is 0. The Hall–Kier alpha value is -2.18. The van der Waals surface area contributed by atoms with Gasteiger partial charge < -0.3 is 11.1 Å². The maximum absolute atomic E-state index is 10.0. The number of nitrogens with two attached hydrogens (primary N) is 1. The van der Waals surface area contributed by atoms with E-state index in [4.69, 9.17) is 5.73 Å². The third kappa shape index (κ3) is 2.12. The molecular weight excluding hydrogens is 174 g/mol. The van der Waals surface area contributed by atoms with Crippen LogP contribution in [-0.4, -0.2) is 22.8 Å². The minimum absolute atomic E-state index is 0.0870. The zero-order valence-corrected chi connectivity index (χ0v) is 6.52. The van der Waals surface area contributed by atoms with Gasteiger partial charge in [0.2, 0.25) is 18.8 Å². The van der Waals surface area contributed by atoms with E-state index in [9.17, 15) is 9.59 Å². The lowest BCUT2D eigenvalue weighted by molar-refractivity contribution is -0.106. The molecule has 0 saturated carbocycles. The molecule has 1 aromatic rings. The van der Waals surface area contributed by atoms with Crippen LogP contribution in [-0.2, 0) is 9.59 Å². The van der Waals surface area contributed by atoms with Crippen LogP contribution in [0.25, 0.3) is 0 Å². The third-order valence-electron chi connectivity index (χ3n) is 1.22. The Balaban J connectivity index is 2.90. The van der Waals surface area contributed by atoms with Gasteiger partial charge in [-0.3, -0.25) is 14.9 Å². The maximum atomic E-state index is 10.0. The lowest BCUT2D eigenvalue weighted by atomic mass is 10.5. The number of rotatable bonds is 4. The molecule has 7 nitrogen and oxygen atoms in total. The summed E-state index contributed by atoms with van der Waals surface area (Å²) in [6.07, 6.45) is 2.19. The summed E-state index contributed by atoms with van der Waals surface area (Å²) in [4.78, 5) is 27.4. The predicted octanol–water partition coefficient (Wildman–Crippen LogP) is -0.805. The van der Waals surface area contributed by atoms with Crippen LogP contribution < -0.4 is 16.4 Å². The number of carbonyl (C=O) groups excluding carboxylic acids is 2. The number of nitrogen functional groups attached to an aromatic ring is 1. The van der Waals surface area contributed by atoms with Crippen molar-refractivity contribution < 1.29 is 9.59 Å². The maximum Gasteiger partial charge on any atom is 0.231 e. The highest BCUT2D eigenvalue weighted by molar-refractivity contribution is 5.78. The largest absolute Gasteiger partial charge is 0.382 e. The Morgan fingerprint density at radius 1 is 1.31 bits per heavy atom.